The van der Waals surface area contributed by atoms with E-state index in [1.807, 2.05) is 0 Å². The molecule has 1 aliphatic carbocycles. The van der Waals surface area contributed by atoms with E-state index < -0.39 is 0 Å². The fraction of sp³-hybridized carbons (Fsp3) is 0.846. The van der Waals surface area contributed by atoms with E-state index in [1.54, 1.807) is 6.33 Å². The van der Waals surface area contributed by atoms with Gasteiger partial charge in [-0.2, -0.15) is 5.10 Å². The second-order valence-corrected chi connectivity index (χ2v) is 6.67. The molecule has 1 saturated carbocycles. The van der Waals surface area contributed by atoms with Gasteiger partial charge in [0.1, 0.15) is 12.2 Å². The molecule has 0 spiro atoms. The van der Waals surface area contributed by atoms with Crippen LogP contribution >= 0.6 is 15.9 Å². The normalized spacial score (nSPS) is 17.6. The Morgan fingerprint density at radius 3 is 2.88 bits per heavy atom. The van der Waals surface area contributed by atoms with Gasteiger partial charge in [-0.1, -0.05) is 29.8 Å². The molecular weight excluding hydrogens is 278 g/mol. The largest absolute Gasteiger partial charge is 0.250 e. The van der Waals surface area contributed by atoms with E-state index in [0.717, 1.165) is 29.5 Å². The van der Waals surface area contributed by atoms with Crippen molar-refractivity contribution in [1.82, 2.24) is 14.8 Å². The van der Waals surface area contributed by atoms with E-state index in [-0.39, 0.29) is 0 Å². The highest BCUT2D eigenvalue weighted by Crippen LogP contribution is 2.38. The highest BCUT2D eigenvalue weighted by molar-refractivity contribution is 9.09. The van der Waals surface area contributed by atoms with Crippen LogP contribution in [-0.4, -0.2) is 19.6 Å². The lowest BCUT2D eigenvalue weighted by molar-refractivity contribution is 0.461. The molecule has 0 N–H and O–H groups in total. The van der Waals surface area contributed by atoms with Gasteiger partial charge in [-0.25, -0.2) is 9.67 Å². The van der Waals surface area contributed by atoms with Crippen LogP contribution in [0.5, 0.6) is 0 Å². The van der Waals surface area contributed by atoms with Crippen molar-refractivity contribution in [2.75, 3.05) is 0 Å². The van der Waals surface area contributed by atoms with Crippen LogP contribution in [0.25, 0.3) is 0 Å². The van der Waals surface area contributed by atoms with Crippen molar-refractivity contribution < 1.29 is 0 Å². The summed E-state index contributed by atoms with van der Waals surface area (Å²) >= 11 is 3.78. The van der Waals surface area contributed by atoms with Gasteiger partial charge in [-0.05, 0) is 37.5 Å². The predicted octanol–water partition coefficient (Wildman–Crippen LogP) is 3.43. The first kappa shape index (κ1) is 13.1. The number of aryl methyl sites for hydroxylation is 1. The van der Waals surface area contributed by atoms with Crippen molar-refractivity contribution in [2.45, 2.75) is 57.3 Å². The zero-order chi connectivity index (χ0) is 12.3. The minimum Gasteiger partial charge on any atom is -0.250 e. The lowest BCUT2D eigenvalue weighted by Gasteiger charge is -2.10. The smallest absolute Gasteiger partial charge is 0.138 e. The number of rotatable bonds is 7. The maximum atomic E-state index is 4.36. The summed E-state index contributed by atoms with van der Waals surface area (Å²) in [5.74, 6) is 2.73. The fourth-order valence-corrected chi connectivity index (χ4v) is 2.98. The summed E-state index contributed by atoms with van der Waals surface area (Å²) in [4.78, 5) is 5.09. The molecule has 0 aliphatic heterocycles. The van der Waals surface area contributed by atoms with Crippen LogP contribution in [-0.2, 0) is 13.0 Å². The lowest BCUT2D eigenvalue weighted by Crippen LogP contribution is -2.11. The molecule has 1 unspecified atom stereocenters. The molecule has 0 saturated heterocycles. The van der Waals surface area contributed by atoms with E-state index in [0.29, 0.717) is 5.92 Å². The van der Waals surface area contributed by atoms with Crippen LogP contribution in [0, 0.1) is 11.8 Å². The molecular formula is C13H22BrN3. The van der Waals surface area contributed by atoms with Gasteiger partial charge < -0.3 is 0 Å². The van der Waals surface area contributed by atoms with Crippen LogP contribution in [0.15, 0.2) is 6.33 Å². The van der Waals surface area contributed by atoms with Crippen molar-refractivity contribution >= 4 is 15.9 Å². The summed E-state index contributed by atoms with van der Waals surface area (Å²) in [6.07, 6.45) is 8.05. The van der Waals surface area contributed by atoms with Gasteiger partial charge in [0.2, 0.25) is 0 Å². The Morgan fingerprint density at radius 1 is 1.47 bits per heavy atom. The van der Waals surface area contributed by atoms with Gasteiger partial charge in [-0.15, -0.1) is 0 Å². The summed E-state index contributed by atoms with van der Waals surface area (Å²) in [6, 6.07) is 0. The van der Waals surface area contributed by atoms with Gasteiger partial charge in [0.25, 0.3) is 0 Å². The Morgan fingerprint density at radius 2 is 2.24 bits per heavy atom. The second kappa shape index (κ2) is 5.98. The second-order valence-electron chi connectivity index (χ2n) is 5.50. The van der Waals surface area contributed by atoms with E-state index in [4.69, 9.17) is 0 Å². The molecule has 1 atom stereocenters. The Kier molecular flexibility index (Phi) is 4.60. The van der Waals surface area contributed by atoms with Crippen molar-refractivity contribution in [3.05, 3.63) is 12.2 Å². The molecule has 2 rings (SSSR count). The number of halogens is 1. The first-order valence-corrected chi connectivity index (χ1v) is 7.59. The minimum absolute atomic E-state index is 0.630. The molecule has 1 heterocycles. The summed E-state index contributed by atoms with van der Waals surface area (Å²) in [6.45, 7) is 5.41. The predicted molar refractivity (Wildman–Crippen MR) is 73.2 cm³/mol. The van der Waals surface area contributed by atoms with Crippen molar-refractivity contribution in [3.63, 3.8) is 0 Å². The number of aromatic nitrogens is 3. The number of hydrogen-bond donors (Lipinski definition) is 0. The van der Waals surface area contributed by atoms with Crippen LogP contribution in [0.2, 0.25) is 0 Å². The Balaban J connectivity index is 1.75. The summed E-state index contributed by atoms with van der Waals surface area (Å²) in [5.41, 5.74) is 0. The highest BCUT2D eigenvalue weighted by Gasteiger charge is 2.28. The first-order valence-electron chi connectivity index (χ1n) is 6.67. The fourth-order valence-electron chi connectivity index (χ4n) is 2.13. The molecule has 1 aromatic heterocycles. The monoisotopic (exact) mass is 299 g/mol. The van der Waals surface area contributed by atoms with Crippen molar-refractivity contribution in [1.29, 1.82) is 0 Å². The van der Waals surface area contributed by atoms with Gasteiger partial charge in [0.05, 0.1) is 0 Å². The third kappa shape index (κ3) is 4.09. The molecule has 0 bridgehead atoms. The number of hydrogen-bond acceptors (Lipinski definition) is 2. The first-order chi connectivity index (χ1) is 8.16. The van der Waals surface area contributed by atoms with Gasteiger partial charge >= 0.3 is 0 Å². The van der Waals surface area contributed by atoms with Gasteiger partial charge in [-0.3, -0.25) is 0 Å². The third-order valence-corrected chi connectivity index (χ3v) is 4.45. The summed E-state index contributed by atoms with van der Waals surface area (Å²) in [5, 5.41) is 4.30. The molecule has 0 amide bonds. The quantitative estimate of drug-likeness (QED) is 0.722. The average Bonchev–Trinajstić information content (AvgIpc) is 3.03. The minimum atomic E-state index is 0.630. The Labute approximate surface area is 112 Å². The molecule has 96 valence electrons. The Bertz CT molecular complexity index is 344. The van der Waals surface area contributed by atoms with E-state index >= 15 is 0 Å². The standard InChI is InChI=1S/C13H22BrN3/c1-10(2)8-17-13(15-9-16-17)5-3-4-12(14)11-6-7-11/h9-12H,3-8H2,1-2H3. The number of alkyl halides is 1. The SMILES string of the molecule is CC(C)Cn1ncnc1CCCC(Br)C1CC1. The summed E-state index contributed by atoms with van der Waals surface area (Å²) in [7, 11) is 0. The molecule has 3 nitrogen and oxygen atoms in total. The van der Waals surface area contributed by atoms with E-state index in [1.165, 1.54) is 25.7 Å². The Hall–Kier alpha value is -0.380. The molecule has 17 heavy (non-hydrogen) atoms. The maximum Gasteiger partial charge on any atom is 0.138 e. The zero-order valence-corrected chi connectivity index (χ0v) is 12.4. The average molecular weight is 300 g/mol. The maximum absolute atomic E-state index is 4.36. The third-order valence-electron chi connectivity index (χ3n) is 3.25. The molecule has 1 fully saturated rings. The van der Waals surface area contributed by atoms with Crippen molar-refractivity contribution in [3.8, 4) is 0 Å². The van der Waals surface area contributed by atoms with Crippen LogP contribution in [0.4, 0.5) is 0 Å². The highest BCUT2D eigenvalue weighted by atomic mass is 79.9. The topological polar surface area (TPSA) is 30.7 Å². The van der Waals surface area contributed by atoms with Crippen LogP contribution in [0.1, 0.15) is 45.4 Å². The van der Waals surface area contributed by atoms with Gasteiger partial charge in [0, 0.05) is 17.8 Å². The van der Waals surface area contributed by atoms with Crippen LogP contribution < -0.4 is 0 Å². The van der Waals surface area contributed by atoms with Crippen LogP contribution in [0.3, 0.4) is 0 Å². The molecule has 1 aromatic rings. The van der Waals surface area contributed by atoms with E-state index in [9.17, 15) is 0 Å². The van der Waals surface area contributed by atoms with Crippen molar-refractivity contribution in [2.24, 2.45) is 11.8 Å². The molecule has 0 radical (unpaired) electrons. The summed E-state index contributed by atoms with van der Waals surface area (Å²) < 4.78 is 2.06. The molecule has 4 heteroatoms. The molecule has 1 aliphatic rings. The zero-order valence-electron chi connectivity index (χ0n) is 10.8. The lowest BCUT2D eigenvalue weighted by atomic mass is 10.1. The van der Waals surface area contributed by atoms with E-state index in [2.05, 4.69) is 44.5 Å². The molecule has 0 aromatic carbocycles. The number of nitrogens with zero attached hydrogens (tertiary/aromatic N) is 3. The van der Waals surface area contributed by atoms with Gasteiger partial charge in [0.15, 0.2) is 0 Å².